The summed E-state index contributed by atoms with van der Waals surface area (Å²) < 4.78 is 54.2. The van der Waals surface area contributed by atoms with Crippen molar-refractivity contribution in [2.24, 2.45) is 5.92 Å². The Hall–Kier alpha value is -1.49. The van der Waals surface area contributed by atoms with Gasteiger partial charge in [-0.15, -0.1) is 0 Å². The van der Waals surface area contributed by atoms with Gasteiger partial charge in [0, 0.05) is 13.1 Å². The second kappa shape index (κ2) is 7.40. The van der Waals surface area contributed by atoms with Gasteiger partial charge in [0.25, 0.3) is 0 Å². The summed E-state index contributed by atoms with van der Waals surface area (Å²) in [6.45, 7) is 3.81. The molecule has 140 valence electrons. The van der Waals surface area contributed by atoms with Crippen molar-refractivity contribution in [1.82, 2.24) is 9.03 Å². The zero-order chi connectivity index (χ0) is 18.8. The maximum Gasteiger partial charge on any atom is 0.322 e. The molecule has 0 spiro atoms. The van der Waals surface area contributed by atoms with Crippen LogP contribution in [0.4, 0.5) is 0 Å². The first kappa shape index (κ1) is 19.8. The standard InChI is InChI=1S/C15H22N2O6S2/c1-11(2)14(15(18)19)16-24(20,21)12-7-3-4-8-13(12)25(22,23)17-9-5-6-10-17/h3-4,7-8,11,14,16H,5-6,9-10H2,1-2H3,(H,18,19)/t14-/m0/s1. The van der Waals surface area contributed by atoms with E-state index in [0.29, 0.717) is 13.1 Å². The SMILES string of the molecule is CC(C)[C@H](NS(=O)(=O)c1ccccc1S(=O)(=O)N1CCCC1)C(=O)O. The number of carboxylic acids is 1. The molecule has 25 heavy (non-hydrogen) atoms. The third kappa shape index (κ3) is 4.20. The summed E-state index contributed by atoms with van der Waals surface area (Å²) in [7, 11) is -8.29. The van der Waals surface area contributed by atoms with Gasteiger partial charge in [0.1, 0.15) is 15.8 Å². The molecule has 2 rings (SSSR count). The number of carboxylic acid groups (broad SMARTS) is 1. The topological polar surface area (TPSA) is 121 Å². The van der Waals surface area contributed by atoms with E-state index in [0.717, 1.165) is 12.8 Å². The first-order valence-corrected chi connectivity index (χ1v) is 10.8. The van der Waals surface area contributed by atoms with Gasteiger partial charge in [-0.05, 0) is 30.9 Å². The Kier molecular flexibility index (Phi) is 5.87. The number of benzene rings is 1. The van der Waals surface area contributed by atoms with Gasteiger partial charge < -0.3 is 5.11 Å². The first-order chi connectivity index (χ1) is 11.6. The highest BCUT2D eigenvalue weighted by Gasteiger charge is 2.35. The molecule has 0 amide bonds. The lowest BCUT2D eigenvalue weighted by molar-refractivity contribution is -0.140. The van der Waals surface area contributed by atoms with Crippen LogP contribution in [0.5, 0.6) is 0 Å². The first-order valence-electron chi connectivity index (χ1n) is 7.91. The molecule has 0 saturated carbocycles. The van der Waals surface area contributed by atoms with E-state index in [1.54, 1.807) is 13.8 Å². The van der Waals surface area contributed by atoms with E-state index in [1.807, 2.05) is 0 Å². The van der Waals surface area contributed by atoms with Crippen molar-refractivity contribution in [2.75, 3.05) is 13.1 Å². The van der Waals surface area contributed by atoms with E-state index < -0.39 is 42.9 Å². The molecule has 0 unspecified atom stereocenters. The summed E-state index contributed by atoms with van der Waals surface area (Å²) in [6, 6.07) is 3.90. The number of rotatable bonds is 7. The molecule has 0 radical (unpaired) electrons. The van der Waals surface area contributed by atoms with E-state index in [1.165, 1.54) is 28.6 Å². The fraction of sp³-hybridized carbons (Fsp3) is 0.533. The predicted molar refractivity (Wildman–Crippen MR) is 91.0 cm³/mol. The number of nitrogens with zero attached hydrogens (tertiary/aromatic N) is 1. The smallest absolute Gasteiger partial charge is 0.322 e. The maximum atomic E-state index is 12.8. The molecule has 1 aliphatic rings. The summed E-state index contributed by atoms with van der Waals surface area (Å²) in [5.41, 5.74) is 0. The number of carbonyl (C=O) groups is 1. The molecule has 1 atom stereocenters. The van der Waals surface area contributed by atoms with Crippen LogP contribution in [0, 0.1) is 5.92 Å². The summed E-state index contributed by atoms with van der Waals surface area (Å²) in [5.74, 6) is -1.83. The number of nitrogens with one attached hydrogen (secondary N) is 1. The van der Waals surface area contributed by atoms with Gasteiger partial charge in [0.15, 0.2) is 0 Å². The van der Waals surface area contributed by atoms with Crippen LogP contribution in [-0.4, -0.2) is 51.3 Å². The maximum absolute atomic E-state index is 12.8. The van der Waals surface area contributed by atoms with Crippen molar-refractivity contribution < 1.29 is 26.7 Å². The quantitative estimate of drug-likeness (QED) is 0.712. The lowest BCUT2D eigenvalue weighted by Crippen LogP contribution is -2.44. The molecule has 1 heterocycles. The molecule has 0 aliphatic carbocycles. The molecule has 1 saturated heterocycles. The van der Waals surface area contributed by atoms with Crippen LogP contribution in [-0.2, 0) is 24.8 Å². The van der Waals surface area contributed by atoms with Crippen LogP contribution < -0.4 is 4.72 Å². The van der Waals surface area contributed by atoms with E-state index in [4.69, 9.17) is 0 Å². The average molecular weight is 390 g/mol. The lowest BCUT2D eigenvalue weighted by Gasteiger charge is -2.21. The molecule has 10 heteroatoms. The third-order valence-corrected chi connectivity index (χ3v) is 7.62. The molecule has 8 nitrogen and oxygen atoms in total. The monoisotopic (exact) mass is 390 g/mol. The Morgan fingerprint density at radius 2 is 1.60 bits per heavy atom. The van der Waals surface area contributed by atoms with E-state index >= 15 is 0 Å². The third-order valence-electron chi connectivity index (χ3n) is 4.04. The number of aliphatic carboxylic acids is 1. The van der Waals surface area contributed by atoms with Crippen LogP contribution in [0.15, 0.2) is 34.1 Å². The van der Waals surface area contributed by atoms with Gasteiger partial charge >= 0.3 is 5.97 Å². The van der Waals surface area contributed by atoms with Crippen molar-refractivity contribution in [3.63, 3.8) is 0 Å². The van der Waals surface area contributed by atoms with Gasteiger partial charge in [-0.3, -0.25) is 4.79 Å². The van der Waals surface area contributed by atoms with Crippen molar-refractivity contribution in [3.05, 3.63) is 24.3 Å². The zero-order valence-corrected chi connectivity index (χ0v) is 15.7. The van der Waals surface area contributed by atoms with E-state index in [2.05, 4.69) is 4.72 Å². The van der Waals surface area contributed by atoms with Gasteiger partial charge in [0.05, 0.1) is 0 Å². The van der Waals surface area contributed by atoms with Crippen LogP contribution in [0.1, 0.15) is 26.7 Å². The zero-order valence-electron chi connectivity index (χ0n) is 14.0. The largest absolute Gasteiger partial charge is 0.480 e. The predicted octanol–water partition coefficient (Wildman–Crippen LogP) is 0.859. The van der Waals surface area contributed by atoms with Gasteiger partial charge in [-0.2, -0.15) is 9.03 Å². The Morgan fingerprint density at radius 1 is 1.08 bits per heavy atom. The van der Waals surface area contributed by atoms with E-state index in [9.17, 15) is 26.7 Å². The highest BCUT2D eigenvalue weighted by Crippen LogP contribution is 2.27. The van der Waals surface area contributed by atoms with Crippen molar-refractivity contribution in [2.45, 2.75) is 42.5 Å². The minimum Gasteiger partial charge on any atom is -0.480 e. The average Bonchev–Trinajstić information content (AvgIpc) is 3.07. The van der Waals surface area contributed by atoms with E-state index in [-0.39, 0.29) is 4.90 Å². The van der Waals surface area contributed by atoms with Crippen molar-refractivity contribution >= 4 is 26.0 Å². The van der Waals surface area contributed by atoms with Gasteiger partial charge in [-0.1, -0.05) is 26.0 Å². The minimum atomic E-state index is -4.33. The molecule has 1 aromatic rings. The second-order valence-electron chi connectivity index (χ2n) is 6.24. The summed E-state index contributed by atoms with van der Waals surface area (Å²) in [4.78, 5) is 10.5. The van der Waals surface area contributed by atoms with Gasteiger partial charge in [-0.25, -0.2) is 16.8 Å². The van der Waals surface area contributed by atoms with Crippen molar-refractivity contribution in [1.29, 1.82) is 0 Å². The normalized spacial score (nSPS) is 17.7. The van der Waals surface area contributed by atoms with Crippen LogP contribution >= 0.6 is 0 Å². The molecule has 1 aromatic carbocycles. The molecule has 1 aliphatic heterocycles. The molecule has 0 aromatic heterocycles. The molecule has 1 fully saturated rings. The second-order valence-corrected chi connectivity index (χ2v) is 9.83. The molecule has 2 N–H and O–H groups in total. The summed E-state index contributed by atoms with van der Waals surface area (Å²) >= 11 is 0. The highest BCUT2D eigenvalue weighted by molar-refractivity contribution is 7.92. The Labute approximate surface area is 147 Å². The highest BCUT2D eigenvalue weighted by atomic mass is 32.2. The lowest BCUT2D eigenvalue weighted by atomic mass is 10.1. The fourth-order valence-corrected chi connectivity index (χ4v) is 6.31. The summed E-state index contributed by atoms with van der Waals surface area (Å²) in [6.07, 6.45) is 1.45. The molecular weight excluding hydrogens is 368 g/mol. The minimum absolute atomic E-state index is 0.336. The number of sulfonamides is 2. The van der Waals surface area contributed by atoms with Gasteiger partial charge in [0.2, 0.25) is 20.0 Å². The van der Waals surface area contributed by atoms with Crippen molar-refractivity contribution in [3.8, 4) is 0 Å². The molecular formula is C15H22N2O6S2. The summed E-state index contributed by atoms with van der Waals surface area (Å²) in [5, 5.41) is 9.20. The Balaban J connectivity index is 2.48. The molecule has 0 bridgehead atoms. The Morgan fingerprint density at radius 3 is 2.08 bits per heavy atom. The van der Waals surface area contributed by atoms with Crippen LogP contribution in [0.3, 0.4) is 0 Å². The van der Waals surface area contributed by atoms with Crippen LogP contribution in [0.2, 0.25) is 0 Å². The number of hydrogen-bond acceptors (Lipinski definition) is 5. The fourth-order valence-electron chi connectivity index (χ4n) is 2.66. The Bertz CT molecular complexity index is 843. The van der Waals surface area contributed by atoms with Crippen LogP contribution in [0.25, 0.3) is 0 Å². The number of hydrogen-bond donors (Lipinski definition) is 2.